The molecule has 2 heterocycles. The zero-order valence-electron chi connectivity index (χ0n) is 14.4. The van der Waals surface area contributed by atoms with Gasteiger partial charge in [-0.15, -0.1) is 0 Å². The van der Waals surface area contributed by atoms with E-state index in [0.717, 1.165) is 23.7 Å². The lowest BCUT2D eigenvalue weighted by Crippen LogP contribution is -2.47. The lowest BCUT2D eigenvalue weighted by molar-refractivity contribution is -0.121. The van der Waals surface area contributed by atoms with E-state index in [1.807, 2.05) is 23.1 Å². The molecule has 1 saturated heterocycles. The van der Waals surface area contributed by atoms with Crippen molar-refractivity contribution in [2.75, 3.05) is 36.0 Å². The molecule has 27 heavy (non-hydrogen) atoms. The number of carbonyl (C=O) groups is 2. The van der Waals surface area contributed by atoms with Crippen molar-refractivity contribution in [1.82, 2.24) is 4.90 Å². The Morgan fingerprint density at radius 1 is 0.704 bits per heavy atom. The number of hydrogen-bond donors (Lipinski definition) is 0. The van der Waals surface area contributed by atoms with Gasteiger partial charge < -0.3 is 9.80 Å². The highest BCUT2D eigenvalue weighted by molar-refractivity contribution is 6.52. The van der Waals surface area contributed by atoms with Gasteiger partial charge in [0, 0.05) is 36.9 Å². The first-order valence-corrected chi connectivity index (χ1v) is 9.41. The first-order chi connectivity index (χ1) is 13.1. The van der Waals surface area contributed by atoms with Crippen molar-refractivity contribution in [2.45, 2.75) is 0 Å². The summed E-state index contributed by atoms with van der Waals surface area (Å²) in [6, 6.07) is 16.8. The van der Waals surface area contributed by atoms with Crippen LogP contribution >= 0.6 is 23.2 Å². The summed E-state index contributed by atoms with van der Waals surface area (Å²) in [5, 5.41) is 0.419. The fraction of sp³-hybridized carbons (Fsp3) is 0.200. The number of hydrogen-bond acceptors (Lipinski definition) is 4. The highest BCUT2D eigenvalue weighted by Gasteiger charge is 2.42. The Kier molecular flexibility index (Phi) is 4.81. The summed E-state index contributed by atoms with van der Waals surface area (Å²) >= 11 is 12.3. The third kappa shape index (κ3) is 3.29. The Hall–Kier alpha value is -2.50. The topological polar surface area (TPSA) is 43.9 Å². The average Bonchev–Trinajstić information content (AvgIpc) is 2.91. The fourth-order valence-corrected chi connectivity index (χ4v) is 3.91. The van der Waals surface area contributed by atoms with Crippen LogP contribution in [0, 0.1) is 0 Å². The van der Waals surface area contributed by atoms with Crippen LogP contribution in [0.15, 0.2) is 65.3 Å². The Morgan fingerprint density at radius 3 is 2.00 bits per heavy atom. The number of amides is 2. The minimum Gasteiger partial charge on any atom is -0.368 e. The molecule has 2 aliphatic heterocycles. The highest BCUT2D eigenvalue weighted by atomic mass is 35.5. The largest absolute Gasteiger partial charge is 0.368 e. The number of para-hydroxylation sites is 1. The Bertz CT molecular complexity index is 922. The summed E-state index contributed by atoms with van der Waals surface area (Å²) in [5.74, 6) is -0.912. The van der Waals surface area contributed by atoms with Crippen molar-refractivity contribution in [3.63, 3.8) is 0 Å². The van der Waals surface area contributed by atoms with Crippen molar-refractivity contribution in [2.24, 2.45) is 0 Å². The number of rotatable bonds is 3. The minimum absolute atomic E-state index is 0.0341. The van der Waals surface area contributed by atoms with E-state index in [2.05, 4.69) is 17.0 Å². The Morgan fingerprint density at radius 2 is 1.33 bits per heavy atom. The molecule has 2 aliphatic rings. The van der Waals surface area contributed by atoms with Crippen LogP contribution < -0.4 is 9.80 Å². The molecule has 0 bridgehead atoms. The summed E-state index contributed by atoms with van der Waals surface area (Å²) in [5.41, 5.74) is 1.84. The molecular weight excluding hydrogens is 385 g/mol. The van der Waals surface area contributed by atoms with E-state index < -0.39 is 11.8 Å². The summed E-state index contributed by atoms with van der Waals surface area (Å²) in [6.45, 7) is 2.72. The van der Waals surface area contributed by atoms with Crippen molar-refractivity contribution in [3.05, 3.63) is 70.3 Å². The van der Waals surface area contributed by atoms with Crippen LogP contribution in [0.3, 0.4) is 0 Å². The maximum atomic E-state index is 13.0. The van der Waals surface area contributed by atoms with Crippen molar-refractivity contribution >= 4 is 46.4 Å². The number of anilines is 2. The molecular formula is C20H17Cl2N3O2. The van der Waals surface area contributed by atoms with Gasteiger partial charge in [0.2, 0.25) is 0 Å². The van der Waals surface area contributed by atoms with E-state index in [1.54, 1.807) is 24.3 Å². The summed E-state index contributed by atoms with van der Waals surface area (Å²) in [7, 11) is 0. The Balaban J connectivity index is 1.52. The van der Waals surface area contributed by atoms with E-state index in [-0.39, 0.29) is 10.7 Å². The highest BCUT2D eigenvalue weighted by Crippen LogP contribution is 2.33. The van der Waals surface area contributed by atoms with Crippen LogP contribution in [0.5, 0.6) is 0 Å². The third-order valence-electron chi connectivity index (χ3n) is 4.79. The monoisotopic (exact) mass is 401 g/mol. The molecule has 4 rings (SSSR count). The molecule has 2 aromatic rings. The van der Waals surface area contributed by atoms with Gasteiger partial charge >= 0.3 is 0 Å². The van der Waals surface area contributed by atoms with Gasteiger partial charge in [-0.05, 0) is 30.3 Å². The molecule has 7 heteroatoms. The summed E-state index contributed by atoms with van der Waals surface area (Å²) < 4.78 is 0. The number of nitrogens with zero attached hydrogens (tertiary/aromatic N) is 3. The molecule has 2 aromatic carbocycles. The number of carbonyl (C=O) groups excluding carboxylic acids is 2. The molecule has 0 aliphatic carbocycles. The zero-order chi connectivity index (χ0) is 19.0. The number of piperazine rings is 1. The van der Waals surface area contributed by atoms with Gasteiger partial charge in [-0.25, -0.2) is 4.90 Å². The van der Waals surface area contributed by atoms with Gasteiger partial charge in [0.05, 0.1) is 5.69 Å². The molecule has 1 fully saturated rings. The summed E-state index contributed by atoms with van der Waals surface area (Å²) in [6.07, 6.45) is 0. The molecule has 0 radical (unpaired) electrons. The lowest BCUT2D eigenvalue weighted by Gasteiger charge is -2.37. The second-order valence-corrected chi connectivity index (χ2v) is 7.21. The van der Waals surface area contributed by atoms with E-state index in [4.69, 9.17) is 23.2 Å². The van der Waals surface area contributed by atoms with Gasteiger partial charge in [-0.3, -0.25) is 9.59 Å². The normalized spacial score (nSPS) is 17.9. The molecule has 0 aromatic heterocycles. The predicted octanol–water partition coefficient (Wildman–Crippen LogP) is 3.49. The predicted molar refractivity (Wildman–Crippen MR) is 107 cm³/mol. The zero-order valence-corrected chi connectivity index (χ0v) is 16.0. The van der Waals surface area contributed by atoms with Gasteiger partial charge in [0.15, 0.2) is 0 Å². The molecule has 0 spiro atoms. The van der Waals surface area contributed by atoms with Crippen molar-refractivity contribution in [3.8, 4) is 0 Å². The minimum atomic E-state index is -0.510. The second kappa shape index (κ2) is 7.25. The molecule has 5 nitrogen and oxygen atoms in total. The molecule has 138 valence electrons. The smallest absolute Gasteiger partial charge is 0.283 e. The van der Waals surface area contributed by atoms with E-state index in [1.165, 1.54) is 0 Å². The van der Waals surface area contributed by atoms with Crippen LogP contribution in [0.1, 0.15) is 0 Å². The fourth-order valence-electron chi connectivity index (χ4n) is 3.44. The van der Waals surface area contributed by atoms with Crippen molar-refractivity contribution in [1.29, 1.82) is 0 Å². The summed E-state index contributed by atoms with van der Waals surface area (Å²) in [4.78, 5) is 30.8. The number of imide groups is 1. The van der Waals surface area contributed by atoms with Crippen LogP contribution in [0.25, 0.3) is 0 Å². The van der Waals surface area contributed by atoms with Gasteiger partial charge in [-0.2, -0.15) is 0 Å². The molecule has 0 N–H and O–H groups in total. The maximum Gasteiger partial charge on any atom is 0.283 e. The van der Waals surface area contributed by atoms with Crippen LogP contribution in [-0.2, 0) is 9.59 Å². The van der Waals surface area contributed by atoms with Crippen LogP contribution in [-0.4, -0.2) is 42.9 Å². The van der Waals surface area contributed by atoms with E-state index in [9.17, 15) is 9.59 Å². The Labute approximate surface area is 167 Å². The lowest BCUT2D eigenvalue weighted by atomic mass is 10.2. The first-order valence-electron chi connectivity index (χ1n) is 8.65. The quantitative estimate of drug-likeness (QED) is 0.738. The molecule has 0 unspecified atom stereocenters. The standard InChI is InChI=1S/C20H17Cl2N3O2/c21-14-5-4-8-16(13-14)25-19(26)17(22)18(20(25)27)24-11-9-23(10-12-24)15-6-2-1-3-7-15/h1-8,13H,9-12H2. The first kappa shape index (κ1) is 17.9. The molecule has 2 amide bonds. The van der Waals surface area contributed by atoms with Crippen LogP contribution in [0.2, 0.25) is 5.02 Å². The molecule has 0 saturated carbocycles. The van der Waals surface area contributed by atoms with Gasteiger partial charge in [-0.1, -0.05) is 47.5 Å². The van der Waals surface area contributed by atoms with E-state index >= 15 is 0 Å². The van der Waals surface area contributed by atoms with Gasteiger partial charge in [0.1, 0.15) is 10.7 Å². The molecule has 0 atom stereocenters. The third-order valence-corrected chi connectivity index (χ3v) is 5.36. The number of halogens is 2. The van der Waals surface area contributed by atoms with Crippen molar-refractivity contribution < 1.29 is 9.59 Å². The van der Waals surface area contributed by atoms with Crippen LogP contribution in [0.4, 0.5) is 11.4 Å². The van der Waals surface area contributed by atoms with Gasteiger partial charge in [0.25, 0.3) is 11.8 Å². The average molecular weight is 402 g/mol. The SMILES string of the molecule is O=C1C(Cl)=C(N2CCN(c3ccccc3)CC2)C(=O)N1c1cccc(Cl)c1. The number of benzene rings is 2. The van der Waals surface area contributed by atoms with E-state index in [0.29, 0.717) is 23.8 Å². The maximum absolute atomic E-state index is 13.0. The second-order valence-electron chi connectivity index (χ2n) is 6.40.